The topological polar surface area (TPSA) is 35.5 Å². The molecule has 3 atom stereocenters. The molecule has 68 valence electrons. The minimum atomic E-state index is -1.66. The summed E-state index contributed by atoms with van der Waals surface area (Å²) in [6, 6.07) is -0.533. The Morgan fingerprint density at radius 3 is 3.00 bits per heavy atom. The zero-order valence-electron chi connectivity index (χ0n) is 7.04. The number of ether oxygens (including phenoxy) is 2. The first-order valence-corrected chi connectivity index (χ1v) is 5.85. The molecule has 0 saturated heterocycles. The molecule has 1 aliphatic rings. The monoisotopic (exact) mass is 192 g/mol. The summed E-state index contributed by atoms with van der Waals surface area (Å²) in [7, 11) is -0.0588. The Kier molecular flexibility index (Phi) is 3.50. The van der Waals surface area contributed by atoms with Gasteiger partial charge < -0.3 is 14.0 Å². The van der Waals surface area contributed by atoms with Crippen molar-refractivity contribution in [3.05, 3.63) is 11.9 Å². The van der Waals surface area contributed by atoms with E-state index < -0.39 is 20.1 Å². The summed E-state index contributed by atoms with van der Waals surface area (Å²) in [5.74, 6) is -0.323. The van der Waals surface area contributed by atoms with Crippen LogP contribution < -0.4 is 0 Å². The molecular weight excluding hydrogens is 181 g/mol. The summed E-state index contributed by atoms with van der Waals surface area (Å²) in [6.07, 6.45) is 0.746. The highest BCUT2D eigenvalue weighted by Crippen LogP contribution is 2.22. The third-order valence-electron chi connectivity index (χ3n) is 1.47. The van der Waals surface area contributed by atoms with Crippen LogP contribution >= 0.6 is 7.80 Å². The summed E-state index contributed by atoms with van der Waals surface area (Å²) in [5.41, 5.74) is 0. The molecule has 0 aromatic heterocycles. The quantitative estimate of drug-likeness (QED) is 0.477. The van der Waals surface area contributed by atoms with Crippen molar-refractivity contribution < 1.29 is 18.4 Å². The molecule has 6 heteroatoms. The van der Waals surface area contributed by atoms with Crippen LogP contribution in [0.2, 0.25) is 0 Å². The summed E-state index contributed by atoms with van der Waals surface area (Å²) in [5, 5.41) is 0. The first kappa shape index (κ1) is 9.97. The van der Waals surface area contributed by atoms with Crippen molar-refractivity contribution in [2.75, 3.05) is 13.0 Å². The highest BCUT2D eigenvalue weighted by molar-refractivity contribution is 7.43. The second-order valence-corrected chi connectivity index (χ2v) is 4.40. The van der Waals surface area contributed by atoms with E-state index in [0.29, 0.717) is 0 Å². The first-order chi connectivity index (χ1) is 5.59. The molecular formula is C6H11BFO3P. The lowest BCUT2D eigenvalue weighted by atomic mass is 10.0. The van der Waals surface area contributed by atoms with Gasteiger partial charge in [0, 0.05) is 6.08 Å². The van der Waals surface area contributed by atoms with Crippen molar-refractivity contribution in [1.29, 1.82) is 0 Å². The van der Waals surface area contributed by atoms with Gasteiger partial charge in [-0.2, -0.15) is 0 Å². The van der Waals surface area contributed by atoms with Crippen LogP contribution in [0.1, 0.15) is 0 Å². The van der Waals surface area contributed by atoms with E-state index in [-0.39, 0.29) is 12.2 Å². The molecule has 1 aliphatic heterocycles. The van der Waals surface area contributed by atoms with E-state index in [0.717, 1.165) is 0 Å². The predicted octanol–water partition coefficient (Wildman–Crippen LogP) is 0.319. The van der Waals surface area contributed by atoms with E-state index in [9.17, 15) is 8.96 Å². The zero-order valence-corrected chi connectivity index (χ0v) is 8.04. The second kappa shape index (κ2) is 4.22. The molecule has 0 amide bonds. The average molecular weight is 192 g/mol. The van der Waals surface area contributed by atoms with E-state index in [1.165, 1.54) is 6.08 Å². The molecule has 0 aliphatic carbocycles. The van der Waals surface area contributed by atoms with Gasteiger partial charge in [0.05, 0.1) is 13.8 Å². The predicted molar refractivity (Wildman–Crippen MR) is 47.3 cm³/mol. The third kappa shape index (κ3) is 2.74. The Bertz CT molecular complexity index is 221. The van der Waals surface area contributed by atoms with Gasteiger partial charge in [-0.05, 0) is 6.66 Å². The molecule has 1 rings (SSSR count). The summed E-state index contributed by atoms with van der Waals surface area (Å²) < 4.78 is 33.3. The van der Waals surface area contributed by atoms with Gasteiger partial charge in [-0.25, -0.2) is 4.39 Å². The van der Waals surface area contributed by atoms with Crippen LogP contribution in [-0.4, -0.2) is 33.2 Å². The minimum absolute atomic E-state index is 0.145. The van der Waals surface area contributed by atoms with Crippen molar-refractivity contribution in [2.24, 2.45) is 0 Å². The minimum Gasteiger partial charge on any atom is -0.348 e. The molecule has 0 bridgehead atoms. The highest BCUT2D eigenvalue weighted by Gasteiger charge is 2.23. The number of halogens is 1. The van der Waals surface area contributed by atoms with Gasteiger partial charge in [-0.1, -0.05) is 0 Å². The van der Waals surface area contributed by atoms with Gasteiger partial charge in [0.2, 0.25) is 0 Å². The van der Waals surface area contributed by atoms with Gasteiger partial charge >= 0.3 is 0 Å². The molecule has 1 unspecified atom stereocenters. The van der Waals surface area contributed by atoms with Crippen molar-refractivity contribution in [1.82, 2.24) is 0 Å². The number of rotatable bonds is 3. The third-order valence-corrected chi connectivity index (χ3v) is 2.05. The van der Waals surface area contributed by atoms with Crippen molar-refractivity contribution in [3.8, 4) is 0 Å². The Morgan fingerprint density at radius 2 is 2.58 bits per heavy atom. The van der Waals surface area contributed by atoms with Crippen LogP contribution in [0.15, 0.2) is 11.9 Å². The molecule has 1 heterocycles. The molecule has 3 nitrogen and oxygen atoms in total. The van der Waals surface area contributed by atoms with Gasteiger partial charge in [-0.15, -0.1) is 0 Å². The summed E-state index contributed by atoms with van der Waals surface area (Å²) in [4.78, 5) is 0. The normalized spacial score (nSPS) is 31.7. The van der Waals surface area contributed by atoms with Crippen molar-refractivity contribution >= 4 is 15.6 Å². The summed E-state index contributed by atoms with van der Waals surface area (Å²) in [6.45, 7) is 1.59. The second-order valence-electron chi connectivity index (χ2n) is 2.71. The lowest BCUT2D eigenvalue weighted by molar-refractivity contribution is -0.0881. The lowest BCUT2D eigenvalue weighted by Gasteiger charge is -2.10. The Morgan fingerprint density at radius 1 is 1.92 bits per heavy atom. The zero-order chi connectivity index (χ0) is 9.14. The molecule has 0 spiro atoms. The van der Waals surface area contributed by atoms with Gasteiger partial charge in [0.25, 0.3) is 0 Å². The van der Waals surface area contributed by atoms with Gasteiger partial charge in [0.15, 0.2) is 6.29 Å². The SMILES string of the molecule is B[C@@H]1O[C@H](OC[PH](C)=O)C=C1F. The number of hydrogen-bond acceptors (Lipinski definition) is 3. The van der Waals surface area contributed by atoms with Crippen LogP contribution in [0.25, 0.3) is 0 Å². The van der Waals surface area contributed by atoms with E-state index >= 15 is 0 Å². The first-order valence-electron chi connectivity index (χ1n) is 3.73. The Labute approximate surface area is 72.1 Å². The van der Waals surface area contributed by atoms with Crippen LogP contribution in [0, 0.1) is 0 Å². The standard InChI is InChI=1S/C6H11BFO3P/c1-12(9)3-10-5-2-4(8)6(7)11-5/h2,5-6,12H,3,7H2,1H3/t5-,6+/m0/s1. The van der Waals surface area contributed by atoms with Crippen LogP contribution in [0.3, 0.4) is 0 Å². The van der Waals surface area contributed by atoms with E-state index in [2.05, 4.69) is 0 Å². The maximum absolute atomic E-state index is 12.7. The molecule has 0 saturated carbocycles. The van der Waals surface area contributed by atoms with E-state index in [4.69, 9.17) is 9.47 Å². The highest BCUT2D eigenvalue weighted by atomic mass is 31.1. The smallest absolute Gasteiger partial charge is 0.180 e. The average Bonchev–Trinajstić information content (AvgIpc) is 2.28. The van der Waals surface area contributed by atoms with E-state index in [1.54, 1.807) is 14.5 Å². The van der Waals surface area contributed by atoms with Gasteiger partial charge in [-0.3, -0.25) is 0 Å². The fourth-order valence-corrected chi connectivity index (χ4v) is 1.26. The van der Waals surface area contributed by atoms with Gasteiger partial charge in [0.1, 0.15) is 20.0 Å². The molecule has 0 aromatic rings. The molecule has 0 aromatic carbocycles. The fourth-order valence-electron chi connectivity index (χ4n) is 0.858. The number of hydrogen-bond donors (Lipinski definition) is 0. The molecule has 12 heavy (non-hydrogen) atoms. The summed E-state index contributed by atoms with van der Waals surface area (Å²) >= 11 is 0. The molecule has 0 fully saturated rings. The van der Waals surface area contributed by atoms with Crippen LogP contribution in [-0.2, 0) is 14.0 Å². The largest absolute Gasteiger partial charge is 0.348 e. The molecule has 0 radical (unpaired) electrons. The Hall–Kier alpha value is -0.115. The molecule has 0 N–H and O–H groups in total. The van der Waals surface area contributed by atoms with E-state index in [1.807, 2.05) is 0 Å². The lowest BCUT2D eigenvalue weighted by Crippen LogP contribution is -2.15. The van der Waals surface area contributed by atoms with Crippen LogP contribution in [0.4, 0.5) is 4.39 Å². The van der Waals surface area contributed by atoms with Crippen molar-refractivity contribution in [3.63, 3.8) is 0 Å². The van der Waals surface area contributed by atoms with Crippen LogP contribution in [0.5, 0.6) is 0 Å². The van der Waals surface area contributed by atoms with Crippen molar-refractivity contribution in [2.45, 2.75) is 12.3 Å². The fraction of sp³-hybridized carbons (Fsp3) is 0.667. The maximum Gasteiger partial charge on any atom is 0.180 e. The Balaban J connectivity index is 2.33. The maximum atomic E-state index is 12.7.